The Morgan fingerprint density at radius 3 is 2.73 bits per heavy atom. The Balaban J connectivity index is 1.84. The number of hydrogen-bond donors (Lipinski definition) is 1. The number of halogens is 1. The Morgan fingerprint density at radius 2 is 2.00 bits per heavy atom. The third-order valence-corrected chi connectivity index (χ3v) is 3.90. The summed E-state index contributed by atoms with van der Waals surface area (Å²) in [5, 5.41) is 7.09. The zero-order valence-electron chi connectivity index (χ0n) is 11.6. The van der Waals surface area contributed by atoms with Gasteiger partial charge in [-0.3, -0.25) is 14.7 Å². The van der Waals surface area contributed by atoms with Gasteiger partial charge in [-0.25, -0.2) is 13.8 Å². The predicted molar refractivity (Wildman–Crippen MR) is 78.4 cm³/mol. The number of benzene rings is 1. The first-order valence-electron chi connectivity index (χ1n) is 7.09. The molecule has 1 aliphatic rings. The summed E-state index contributed by atoms with van der Waals surface area (Å²) in [6.07, 6.45) is 3.27. The molecule has 0 spiro atoms. The third-order valence-electron chi connectivity index (χ3n) is 3.90. The molecule has 3 aromatic rings. The lowest BCUT2D eigenvalue weighted by atomic mass is 10.2. The second kappa shape index (κ2) is 4.66. The van der Waals surface area contributed by atoms with Gasteiger partial charge in [0.2, 0.25) is 0 Å². The van der Waals surface area contributed by atoms with Crippen molar-refractivity contribution in [2.45, 2.75) is 25.4 Å². The Bertz CT molecular complexity index is 981. The summed E-state index contributed by atoms with van der Waals surface area (Å²) in [5.41, 5.74) is -0.0648. The summed E-state index contributed by atoms with van der Waals surface area (Å²) in [7, 11) is 0. The number of aromatic amines is 1. The monoisotopic (exact) mass is 300 g/mol. The normalized spacial score (nSPS) is 14.6. The topological polar surface area (TPSA) is 72.7 Å². The molecular formula is C15H13FN4O2. The van der Waals surface area contributed by atoms with Crippen LogP contribution in [0.25, 0.3) is 10.9 Å². The quantitative estimate of drug-likeness (QED) is 0.795. The molecule has 0 bridgehead atoms. The molecule has 7 heteroatoms. The number of nitrogens with zero attached hydrogens (tertiary/aromatic N) is 3. The molecule has 2 heterocycles. The van der Waals surface area contributed by atoms with Crippen LogP contribution >= 0.6 is 0 Å². The van der Waals surface area contributed by atoms with E-state index in [1.54, 1.807) is 18.2 Å². The zero-order chi connectivity index (χ0) is 15.3. The molecule has 112 valence electrons. The van der Waals surface area contributed by atoms with Crippen molar-refractivity contribution < 1.29 is 4.39 Å². The van der Waals surface area contributed by atoms with Gasteiger partial charge in [-0.2, -0.15) is 5.10 Å². The van der Waals surface area contributed by atoms with Crippen LogP contribution in [0.4, 0.5) is 4.39 Å². The Kier molecular flexibility index (Phi) is 2.75. The van der Waals surface area contributed by atoms with Gasteiger partial charge in [-0.15, -0.1) is 0 Å². The van der Waals surface area contributed by atoms with Crippen molar-refractivity contribution >= 4 is 10.9 Å². The van der Waals surface area contributed by atoms with Crippen LogP contribution in [0.5, 0.6) is 0 Å². The van der Waals surface area contributed by atoms with E-state index in [4.69, 9.17) is 0 Å². The SMILES string of the molecule is O=c1c2[nH]n(Cc3ccccc3F)c(=O)c2cnn1C1CC1. The molecule has 0 saturated heterocycles. The van der Waals surface area contributed by atoms with E-state index < -0.39 is 0 Å². The van der Waals surface area contributed by atoms with Crippen molar-refractivity contribution in [3.63, 3.8) is 0 Å². The van der Waals surface area contributed by atoms with E-state index >= 15 is 0 Å². The number of nitrogens with one attached hydrogen (secondary N) is 1. The van der Waals surface area contributed by atoms with E-state index in [0.29, 0.717) is 5.56 Å². The lowest BCUT2D eigenvalue weighted by molar-refractivity contribution is 0.580. The second-order valence-electron chi connectivity index (χ2n) is 5.51. The van der Waals surface area contributed by atoms with Crippen LogP contribution in [0.1, 0.15) is 24.4 Å². The van der Waals surface area contributed by atoms with Crippen LogP contribution < -0.4 is 11.1 Å². The number of fused-ring (bicyclic) bond motifs is 1. The highest BCUT2D eigenvalue weighted by atomic mass is 19.1. The minimum atomic E-state index is -0.387. The van der Waals surface area contributed by atoms with Gasteiger partial charge in [0.05, 0.1) is 24.2 Å². The second-order valence-corrected chi connectivity index (χ2v) is 5.51. The van der Waals surface area contributed by atoms with E-state index in [9.17, 15) is 14.0 Å². The molecule has 1 saturated carbocycles. The molecular weight excluding hydrogens is 287 g/mol. The molecule has 0 atom stereocenters. The number of hydrogen-bond acceptors (Lipinski definition) is 3. The Hall–Kier alpha value is -2.70. The van der Waals surface area contributed by atoms with Gasteiger partial charge in [0.1, 0.15) is 11.3 Å². The van der Waals surface area contributed by atoms with Crippen molar-refractivity contribution in [3.05, 3.63) is 62.6 Å². The lowest BCUT2D eigenvalue weighted by Gasteiger charge is -2.03. The fraction of sp³-hybridized carbons (Fsp3) is 0.267. The van der Waals surface area contributed by atoms with Crippen molar-refractivity contribution in [3.8, 4) is 0 Å². The smallest absolute Gasteiger partial charge is 0.289 e. The Labute approximate surface area is 123 Å². The fourth-order valence-corrected chi connectivity index (χ4v) is 2.56. The van der Waals surface area contributed by atoms with Crippen LogP contribution in [-0.4, -0.2) is 19.6 Å². The van der Waals surface area contributed by atoms with Crippen molar-refractivity contribution in [1.29, 1.82) is 0 Å². The summed E-state index contributed by atoms with van der Waals surface area (Å²) in [6, 6.07) is 6.37. The summed E-state index contributed by atoms with van der Waals surface area (Å²) in [4.78, 5) is 24.7. The van der Waals surface area contributed by atoms with Crippen LogP contribution in [-0.2, 0) is 6.54 Å². The number of H-pyrrole nitrogens is 1. The van der Waals surface area contributed by atoms with E-state index in [2.05, 4.69) is 10.2 Å². The minimum Gasteiger partial charge on any atom is -0.289 e. The highest BCUT2D eigenvalue weighted by Gasteiger charge is 2.27. The molecule has 22 heavy (non-hydrogen) atoms. The highest BCUT2D eigenvalue weighted by Crippen LogP contribution is 2.32. The van der Waals surface area contributed by atoms with Gasteiger partial charge < -0.3 is 0 Å². The van der Waals surface area contributed by atoms with E-state index in [-0.39, 0.29) is 40.4 Å². The lowest BCUT2D eigenvalue weighted by Crippen LogP contribution is -2.22. The largest absolute Gasteiger partial charge is 0.292 e. The molecule has 0 radical (unpaired) electrons. The van der Waals surface area contributed by atoms with Gasteiger partial charge in [0.15, 0.2) is 0 Å². The summed E-state index contributed by atoms with van der Waals surface area (Å²) in [5.74, 6) is -0.387. The van der Waals surface area contributed by atoms with Gasteiger partial charge >= 0.3 is 0 Å². The molecule has 1 fully saturated rings. The maximum absolute atomic E-state index is 13.7. The molecule has 0 amide bonds. The van der Waals surface area contributed by atoms with Crippen LogP contribution in [0.3, 0.4) is 0 Å². The molecule has 6 nitrogen and oxygen atoms in total. The molecule has 0 aliphatic heterocycles. The predicted octanol–water partition coefficient (Wildman–Crippen LogP) is 1.41. The van der Waals surface area contributed by atoms with Gasteiger partial charge in [0, 0.05) is 5.56 Å². The number of aromatic nitrogens is 4. The fourth-order valence-electron chi connectivity index (χ4n) is 2.56. The Morgan fingerprint density at radius 1 is 1.23 bits per heavy atom. The third kappa shape index (κ3) is 1.97. The molecule has 1 N–H and O–H groups in total. The van der Waals surface area contributed by atoms with E-state index in [1.165, 1.54) is 21.6 Å². The summed E-state index contributed by atoms with van der Waals surface area (Å²) in [6.45, 7) is 0.0447. The number of rotatable bonds is 3. The van der Waals surface area contributed by atoms with E-state index in [1.807, 2.05) is 0 Å². The highest BCUT2D eigenvalue weighted by molar-refractivity contribution is 5.75. The minimum absolute atomic E-state index is 0.0447. The van der Waals surface area contributed by atoms with Crippen molar-refractivity contribution in [2.75, 3.05) is 0 Å². The maximum Gasteiger partial charge on any atom is 0.292 e. The molecule has 4 rings (SSSR count). The van der Waals surface area contributed by atoms with Crippen LogP contribution in [0.15, 0.2) is 40.1 Å². The van der Waals surface area contributed by atoms with E-state index in [0.717, 1.165) is 12.8 Å². The average Bonchev–Trinajstić information content (AvgIpc) is 3.29. The zero-order valence-corrected chi connectivity index (χ0v) is 11.6. The van der Waals surface area contributed by atoms with Gasteiger partial charge in [-0.1, -0.05) is 18.2 Å². The summed E-state index contributed by atoms with van der Waals surface area (Å²) < 4.78 is 16.4. The molecule has 0 unspecified atom stereocenters. The van der Waals surface area contributed by atoms with Crippen LogP contribution in [0, 0.1) is 5.82 Å². The van der Waals surface area contributed by atoms with Crippen molar-refractivity contribution in [1.82, 2.24) is 19.6 Å². The maximum atomic E-state index is 13.7. The first-order valence-corrected chi connectivity index (χ1v) is 7.09. The first-order chi connectivity index (χ1) is 10.6. The molecule has 1 aromatic carbocycles. The molecule has 1 aliphatic carbocycles. The van der Waals surface area contributed by atoms with Crippen LogP contribution in [0.2, 0.25) is 0 Å². The van der Waals surface area contributed by atoms with Crippen molar-refractivity contribution in [2.24, 2.45) is 0 Å². The average molecular weight is 300 g/mol. The molecule has 2 aromatic heterocycles. The van der Waals surface area contributed by atoms with Gasteiger partial charge in [0.25, 0.3) is 11.1 Å². The standard InChI is InChI=1S/C15H13FN4O2/c16-12-4-2-1-3-9(12)8-19-14(21)11-7-17-20(10-5-6-10)15(22)13(11)18-19/h1-4,7,10,18H,5-6,8H2. The van der Waals surface area contributed by atoms with Gasteiger partial charge in [-0.05, 0) is 18.9 Å². The first kappa shape index (κ1) is 13.0. The summed E-state index contributed by atoms with van der Waals surface area (Å²) >= 11 is 0.